The van der Waals surface area contributed by atoms with E-state index in [-0.39, 0.29) is 54.6 Å². The number of nitrogens with one attached hydrogen (secondary N) is 3. The number of alkyl halides is 2. The molecule has 0 bridgehead atoms. The Morgan fingerprint density at radius 3 is 1.46 bits per heavy atom. The van der Waals surface area contributed by atoms with E-state index >= 15 is 0 Å². The molecule has 518 valence electrons. The maximum absolute atomic E-state index is 12.7. The number of aliphatic hydroxyl groups excluding tert-OH is 3. The van der Waals surface area contributed by atoms with Crippen molar-refractivity contribution in [2.75, 3.05) is 47.7 Å². The van der Waals surface area contributed by atoms with E-state index in [2.05, 4.69) is 111 Å². The van der Waals surface area contributed by atoms with Crippen molar-refractivity contribution < 1.29 is 33.6 Å². The van der Waals surface area contributed by atoms with Crippen molar-refractivity contribution in [2.24, 2.45) is 0 Å². The zero-order chi connectivity index (χ0) is 67.3. The fourth-order valence-electron chi connectivity index (χ4n) is 15.2. The number of ketones is 1. The quantitative estimate of drug-likeness (QED) is 0.0439. The number of anilines is 4. The second-order valence-corrected chi connectivity index (χ2v) is 28.4. The van der Waals surface area contributed by atoms with Crippen LogP contribution in [0.15, 0.2) is 79.9 Å². The zero-order valence-corrected chi connectivity index (χ0v) is 56.7. The lowest BCUT2D eigenvalue weighted by molar-refractivity contribution is -0.120. The van der Waals surface area contributed by atoms with Crippen molar-refractivity contribution in [3.63, 3.8) is 0 Å². The first-order chi connectivity index (χ1) is 47.1. The molecule has 0 radical (unpaired) electrons. The van der Waals surface area contributed by atoms with Gasteiger partial charge in [0.25, 0.3) is 0 Å². The number of methoxy groups -OCH3 is 1. The number of pyridine rings is 1. The summed E-state index contributed by atoms with van der Waals surface area (Å²) in [6.07, 6.45) is 32.3. The predicted octanol–water partition coefficient (Wildman–Crippen LogP) is 12.8. The highest BCUT2D eigenvalue weighted by atomic mass is 19.3. The molecule has 0 spiro atoms. The summed E-state index contributed by atoms with van der Waals surface area (Å²) in [5, 5.41) is 63.1. The van der Waals surface area contributed by atoms with Crippen molar-refractivity contribution in [2.45, 2.75) is 242 Å². The predicted molar refractivity (Wildman–Crippen MR) is 371 cm³/mol. The number of hydrogen-bond donors (Lipinski definition) is 6. The molecule has 6 fully saturated rings. The highest BCUT2D eigenvalue weighted by Crippen LogP contribution is 2.43. The van der Waals surface area contributed by atoms with Crippen LogP contribution in [0.1, 0.15) is 216 Å². The smallest absolute Gasteiger partial charge is 0.241 e. The standard InChI is InChI=1S/C25H34N6O.C24H32N6O3.C23H30F2N6O/c1-17(2)28-25-27-16-23-21(15-22(31(23)29-25)18-6-8-20(32)9-7-18)19-10-11-26-24(14-19)30-12-4-3-5-13-30;1-15(14-33-2)27-24-25-12-22-19(17-11-26-29(13-17)20-4-3-5-23(20)32)10-21(30(22)28-24)16-6-8-18(31)9-7-16;1-14(9-22(24)25)28-23-26-12-21-19(16-11-27-30(13-16)17-3-2-4-17)10-20(31(21)29-23)15-5-7-18(32)8-6-15/h10-11,14-18,20,32H,3-9,12-13H2,1-2H3,(H,28,29);10-13,15-16,18,20,31H,3-9,14H2,1-2H3,(H,27,28);10-15,17-18,22,32H,2-9H2,1H3,(H,28,29)/t;15-,16?,18?,20-;14-,15?,18?/m.00/s1. The molecule has 0 unspecified atom stereocenters. The summed E-state index contributed by atoms with van der Waals surface area (Å²) in [7, 11) is 1.68. The number of aromatic nitrogens is 14. The average Bonchev–Trinajstić information content (AvgIpc) is 1.63. The first-order valence-corrected chi connectivity index (χ1v) is 35.7. The summed E-state index contributed by atoms with van der Waals surface area (Å²) in [4.78, 5) is 32.9. The van der Waals surface area contributed by atoms with E-state index in [1.807, 2.05) is 57.8 Å². The van der Waals surface area contributed by atoms with Gasteiger partial charge in [-0.15, -0.1) is 15.3 Å². The number of carbonyl (C=O) groups is 1. The van der Waals surface area contributed by atoms with Gasteiger partial charge in [-0.1, -0.05) is 0 Å². The summed E-state index contributed by atoms with van der Waals surface area (Å²) < 4.78 is 40.6. The molecule has 0 aromatic carbocycles. The Morgan fingerprint density at radius 2 is 1.01 bits per heavy atom. The van der Waals surface area contributed by atoms with Gasteiger partial charge in [0.2, 0.25) is 24.3 Å². The summed E-state index contributed by atoms with van der Waals surface area (Å²) in [6.45, 7) is 10.6. The SMILES string of the molecule is CC(C)Nc1ncc2c(-c3ccnc(N4CCCCC4)c3)cc(C3CCC(O)CC3)n2n1.COC[C@H](C)Nc1ncc2c(-c3cnn([C@H]4CCCC4=O)c3)cc(C3CCC(O)CC3)n2n1.C[C@@H](CC(F)F)Nc1ncc2c(-c3cnn(C4CCC4)c3)cc(C3CCC(O)CC3)n2n1. The van der Waals surface area contributed by atoms with Gasteiger partial charge in [-0.05, 0) is 192 Å². The Balaban J connectivity index is 0.000000131. The lowest BCUT2D eigenvalue weighted by atomic mass is 9.85. The van der Waals surface area contributed by atoms with Gasteiger partial charge in [0, 0.05) is 132 Å². The Kier molecular flexibility index (Phi) is 21.2. The average molecular weight is 1330 g/mol. The lowest BCUT2D eigenvalue weighted by Crippen LogP contribution is -2.30. The van der Waals surface area contributed by atoms with Crippen LogP contribution in [0.2, 0.25) is 0 Å². The third-order valence-electron chi connectivity index (χ3n) is 20.7. The van der Waals surface area contributed by atoms with Gasteiger partial charge in [0.05, 0.1) is 78.5 Å². The molecule has 15 rings (SSSR count). The molecule has 10 heterocycles. The van der Waals surface area contributed by atoms with Gasteiger partial charge in [-0.25, -0.2) is 42.3 Å². The summed E-state index contributed by atoms with van der Waals surface area (Å²) in [5.41, 5.74) is 12.6. The van der Waals surface area contributed by atoms with Crippen molar-refractivity contribution >= 4 is 46.0 Å². The molecule has 1 saturated heterocycles. The van der Waals surface area contributed by atoms with Crippen molar-refractivity contribution in [3.8, 4) is 33.4 Å². The van der Waals surface area contributed by atoms with Crippen LogP contribution in [0.3, 0.4) is 0 Å². The van der Waals surface area contributed by atoms with Crippen LogP contribution in [-0.4, -0.2) is 159 Å². The number of piperidine rings is 1. The molecule has 9 aromatic rings. The number of aliphatic hydroxyl groups is 3. The molecule has 23 nitrogen and oxygen atoms in total. The molecule has 97 heavy (non-hydrogen) atoms. The van der Waals surface area contributed by atoms with Crippen molar-refractivity contribution in [1.82, 2.24) is 68.3 Å². The Hall–Kier alpha value is -8.00. The highest BCUT2D eigenvalue weighted by molar-refractivity contribution is 5.86. The summed E-state index contributed by atoms with van der Waals surface area (Å²) in [5.74, 6) is 3.86. The second-order valence-electron chi connectivity index (χ2n) is 28.4. The molecule has 6 aliphatic rings. The minimum atomic E-state index is -2.38. The van der Waals surface area contributed by atoms with Crippen LogP contribution in [0.25, 0.3) is 49.9 Å². The zero-order valence-electron chi connectivity index (χ0n) is 56.7. The number of fused-ring (bicyclic) bond motifs is 3. The van der Waals surface area contributed by atoms with Crippen molar-refractivity contribution in [1.29, 1.82) is 0 Å². The van der Waals surface area contributed by atoms with Gasteiger partial charge < -0.3 is 40.9 Å². The van der Waals surface area contributed by atoms with Crippen LogP contribution < -0.4 is 20.9 Å². The topological polar surface area (TPSA) is 265 Å². The number of carbonyl (C=O) groups excluding carboxylic acids is 1. The van der Waals surface area contributed by atoms with E-state index in [9.17, 15) is 28.9 Å². The van der Waals surface area contributed by atoms with Crippen molar-refractivity contribution in [3.05, 3.63) is 97.0 Å². The fourth-order valence-corrected chi connectivity index (χ4v) is 15.2. The number of halogens is 2. The second kappa shape index (κ2) is 30.4. The van der Waals surface area contributed by atoms with Crippen LogP contribution in [-0.2, 0) is 9.53 Å². The number of rotatable bonds is 19. The third kappa shape index (κ3) is 15.6. The fraction of sp³-hybridized carbons (Fsp3) is 0.583. The van der Waals surface area contributed by atoms with Gasteiger partial charge >= 0.3 is 0 Å². The Labute approximate surface area is 565 Å². The monoisotopic (exact) mass is 1330 g/mol. The summed E-state index contributed by atoms with van der Waals surface area (Å²) >= 11 is 0. The molecule has 25 heteroatoms. The van der Waals surface area contributed by atoms with Crippen LogP contribution in [0.5, 0.6) is 0 Å². The maximum Gasteiger partial charge on any atom is 0.241 e. The molecule has 5 saturated carbocycles. The van der Waals surface area contributed by atoms with E-state index in [1.165, 1.54) is 44.2 Å². The van der Waals surface area contributed by atoms with Gasteiger partial charge in [-0.2, -0.15) is 10.2 Å². The number of nitrogens with zero attached hydrogens (tertiary/aromatic N) is 15. The highest BCUT2D eigenvalue weighted by Gasteiger charge is 2.32. The normalized spacial score (nSPS) is 23.1. The van der Waals surface area contributed by atoms with Gasteiger partial charge in [0.1, 0.15) is 11.9 Å². The largest absolute Gasteiger partial charge is 0.393 e. The molecule has 3 atom stereocenters. The minimum Gasteiger partial charge on any atom is -0.393 e. The molecule has 5 aliphatic carbocycles. The number of Topliss-reactive ketones (excluding diaryl/α,β-unsaturated/α-hetero) is 1. The lowest BCUT2D eigenvalue weighted by Gasteiger charge is -2.27. The van der Waals surface area contributed by atoms with E-state index < -0.39 is 12.5 Å². The van der Waals surface area contributed by atoms with Crippen LogP contribution in [0, 0.1) is 0 Å². The first kappa shape index (κ1) is 67.6. The number of hydrogen-bond acceptors (Lipinski definition) is 18. The molecule has 6 N–H and O–H groups in total. The third-order valence-corrected chi connectivity index (χ3v) is 20.7. The summed E-state index contributed by atoms with van der Waals surface area (Å²) in [6, 6.07) is 11.2. The maximum atomic E-state index is 12.7. The first-order valence-electron chi connectivity index (χ1n) is 35.7. The van der Waals surface area contributed by atoms with E-state index in [1.54, 1.807) is 20.2 Å². The minimum absolute atomic E-state index is 0.0814. The Bertz CT molecular complexity index is 4090. The number of ether oxygens (including phenoxy) is 1. The van der Waals surface area contributed by atoms with E-state index in [4.69, 9.17) is 20.0 Å². The molecule has 9 aromatic heterocycles. The van der Waals surface area contributed by atoms with Crippen LogP contribution in [0.4, 0.5) is 32.4 Å². The van der Waals surface area contributed by atoms with E-state index in [0.29, 0.717) is 48.8 Å². The molecule has 0 amide bonds. The Morgan fingerprint density at radius 1 is 0.536 bits per heavy atom. The van der Waals surface area contributed by atoms with Crippen LogP contribution >= 0.6 is 0 Å². The molecular weight excluding hydrogens is 1230 g/mol. The molecular formula is C72H96F2N18O5. The van der Waals surface area contributed by atoms with Gasteiger partial charge in [-0.3, -0.25) is 14.2 Å². The van der Waals surface area contributed by atoms with E-state index in [0.717, 1.165) is 170 Å². The van der Waals surface area contributed by atoms with Gasteiger partial charge in [0.15, 0.2) is 5.78 Å². The molecule has 1 aliphatic heterocycles.